The molecule has 0 radical (unpaired) electrons. The highest BCUT2D eigenvalue weighted by molar-refractivity contribution is 9.10. The highest BCUT2D eigenvalue weighted by Gasteiger charge is 2.10. The van der Waals surface area contributed by atoms with Gasteiger partial charge >= 0.3 is 0 Å². The first-order chi connectivity index (χ1) is 9.05. The van der Waals surface area contributed by atoms with Crippen LogP contribution in [0.1, 0.15) is 25.3 Å². The molecule has 19 heavy (non-hydrogen) atoms. The van der Waals surface area contributed by atoms with Crippen molar-refractivity contribution in [2.45, 2.75) is 26.3 Å². The molecule has 0 saturated heterocycles. The van der Waals surface area contributed by atoms with Crippen LogP contribution in [0.4, 0.5) is 0 Å². The molecule has 108 valence electrons. The first-order valence-electron chi connectivity index (χ1n) is 6.46. The van der Waals surface area contributed by atoms with E-state index in [2.05, 4.69) is 32.9 Å². The van der Waals surface area contributed by atoms with E-state index in [0.717, 1.165) is 29.5 Å². The first-order valence-corrected chi connectivity index (χ1v) is 8.91. The minimum atomic E-state index is -3.19. The molecule has 1 rings (SSSR count). The maximum absolute atomic E-state index is 11.8. The van der Waals surface area contributed by atoms with E-state index in [9.17, 15) is 8.42 Å². The second kappa shape index (κ2) is 8.68. The Labute approximate surface area is 124 Å². The molecule has 4 nitrogen and oxygen atoms in total. The minimum Gasteiger partial charge on any atom is -0.317 e. The minimum absolute atomic E-state index is 0.161. The molecular formula is C13H21BrN2O2S. The van der Waals surface area contributed by atoms with Crippen molar-refractivity contribution >= 4 is 26.0 Å². The van der Waals surface area contributed by atoms with Crippen molar-refractivity contribution in [3.63, 3.8) is 0 Å². The van der Waals surface area contributed by atoms with Crippen molar-refractivity contribution in [3.05, 3.63) is 34.3 Å². The van der Waals surface area contributed by atoms with Gasteiger partial charge in [0.2, 0.25) is 10.0 Å². The van der Waals surface area contributed by atoms with Gasteiger partial charge in [-0.1, -0.05) is 41.1 Å². The van der Waals surface area contributed by atoms with Gasteiger partial charge in [-0.2, -0.15) is 0 Å². The predicted molar refractivity (Wildman–Crippen MR) is 82.5 cm³/mol. The van der Waals surface area contributed by atoms with E-state index in [-0.39, 0.29) is 5.75 Å². The summed E-state index contributed by atoms with van der Waals surface area (Å²) in [6.45, 7) is 4.09. The molecular weight excluding hydrogens is 328 g/mol. The Morgan fingerprint density at radius 3 is 2.63 bits per heavy atom. The Morgan fingerprint density at radius 1 is 1.21 bits per heavy atom. The van der Waals surface area contributed by atoms with Crippen LogP contribution in [0.3, 0.4) is 0 Å². The van der Waals surface area contributed by atoms with E-state index >= 15 is 0 Å². The van der Waals surface area contributed by atoms with Crippen molar-refractivity contribution in [3.8, 4) is 0 Å². The van der Waals surface area contributed by atoms with E-state index in [1.807, 2.05) is 24.3 Å². The number of benzene rings is 1. The van der Waals surface area contributed by atoms with Gasteiger partial charge in [0.15, 0.2) is 0 Å². The lowest BCUT2D eigenvalue weighted by molar-refractivity contribution is 0.574. The standard InChI is InChI=1S/C13H21BrN2O2S/c1-2-8-15-9-5-10-19(17,18)16-11-12-6-3-4-7-13(12)14/h3-4,6-7,15-16H,2,5,8-11H2,1H3. The zero-order chi connectivity index (χ0) is 14.1. The van der Waals surface area contributed by atoms with Gasteiger partial charge in [-0.25, -0.2) is 13.1 Å². The molecule has 0 bridgehead atoms. The van der Waals surface area contributed by atoms with E-state index in [4.69, 9.17) is 0 Å². The van der Waals surface area contributed by atoms with Crippen LogP contribution >= 0.6 is 15.9 Å². The predicted octanol–water partition coefficient (Wildman–Crippen LogP) is 2.26. The molecule has 1 aromatic carbocycles. The summed E-state index contributed by atoms with van der Waals surface area (Å²) >= 11 is 3.40. The van der Waals surface area contributed by atoms with Gasteiger partial charge in [-0.15, -0.1) is 0 Å². The Bertz CT molecular complexity index is 477. The second-order valence-corrected chi connectivity index (χ2v) is 7.12. The summed E-state index contributed by atoms with van der Waals surface area (Å²) in [5.74, 6) is 0.161. The monoisotopic (exact) mass is 348 g/mol. The van der Waals surface area contributed by atoms with E-state index < -0.39 is 10.0 Å². The summed E-state index contributed by atoms with van der Waals surface area (Å²) in [7, 11) is -3.19. The molecule has 1 aromatic rings. The number of sulfonamides is 1. The number of halogens is 1. The molecule has 0 heterocycles. The molecule has 2 N–H and O–H groups in total. The molecule has 0 unspecified atom stereocenters. The molecule has 0 aliphatic heterocycles. The molecule has 6 heteroatoms. The lowest BCUT2D eigenvalue weighted by Gasteiger charge is -2.08. The first kappa shape index (κ1) is 16.6. The SMILES string of the molecule is CCCNCCCS(=O)(=O)NCc1ccccc1Br. The summed E-state index contributed by atoms with van der Waals surface area (Å²) in [5.41, 5.74) is 0.940. The zero-order valence-corrected chi connectivity index (χ0v) is 13.6. The number of hydrogen-bond donors (Lipinski definition) is 2. The highest BCUT2D eigenvalue weighted by Crippen LogP contribution is 2.15. The third kappa shape index (κ3) is 7.06. The molecule has 0 aliphatic carbocycles. The Morgan fingerprint density at radius 2 is 1.95 bits per heavy atom. The van der Waals surface area contributed by atoms with Crippen LogP contribution in [0.2, 0.25) is 0 Å². The number of hydrogen-bond acceptors (Lipinski definition) is 3. The van der Waals surface area contributed by atoms with E-state index in [1.54, 1.807) is 0 Å². The molecule has 0 aromatic heterocycles. The fraction of sp³-hybridized carbons (Fsp3) is 0.538. The van der Waals surface area contributed by atoms with Gasteiger partial charge < -0.3 is 5.32 Å². The quantitative estimate of drug-likeness (QED) is 0.673. The topological polar surface area (TPSA) is 58.2 Å². The molecule has 0 amide bonds. The van der Waals surface area contributed by atoms with Crippen LogP contribution in [0.15, 0.2) is 28.7 Å². The fourth-order valence-corrected chi connectivity index (χ4v) is 3.06. The third-order valence-corrected chi connectivity index (χ3v) is 4.82. The van der Waals surface area contributed by atoms with Crippen molar-refractivity contribution in [2.24, 2.45) is 0 Å². The van der Waals surface area contributed by atoms with Gasteiger partial charge in [0.25, 0.3) is 0 Å². The van der Waals surface area contributed by atoms with Crippen molar-refractivity contribution in [1.29, 1.82) is 0 Å². The van der Waals surface area contributed by atoms with E-state index in [0.29, 0.717) is 13.0 Å². The number of rotatable bonds is 9. The van der Waals surface area contributed by atoms with Gasteiger partial charge in [0, 0.05) is 11.0 Å². The average molecular weight is 349 g/mol. The average Bonchev–Trinajstić information content (AvgIpc) is 2.37. The molecule has 0 aliphatic rings. The largest absolute Gasteiger partial charge is 0.317 e. The molecule has 0 atom stereocenters. The summed E-state index contributed by atoms with van der Waals surface area (Å²) in [4.78, 5) is 0. The van der Waals surface area contributed by atoms with Gasteiger partial charge in [0.05, 0.1) is 5.75 Å². The third-order valence-electron chi connectivity index (χ3n) is 2.63. The van der Waals surface area contributed by atoms with E-state index in [1.165, 1.54) is 0 Å². The van der Waals surface area contributed by atoms with Crippen molar-refractivity contribution in [2.75, 3.05) is 18.8 Å². The van der Waals surface area contributed by atoms with Gasteiger partial charge in [-0.05, 0) is 37.6 Å². The second-order valence-electron chi connectivity index (χ2n) is 4.33. The zero-order valence-electron chi connectivity index (χ0n) is 11.2. The molecule has 0 spiro atoms. The Kier molecular flexibility index (Phi) is 7.60. The number of nitrogens with one attached hydrogen (secondary N) is 2. The van der Waals surface area contributed by atoms with Gasteiger partial charge in [0.1, 0.15) is 0 Å². The lowest BCUT2D eigenvalue weighted by atomic mass is 10.2. The van der Waals surface area contributed by atoms with Crippen LogP contribution in [-0.2, 0) is 16.6 Å². The normalized spacial score (nSPS) is 11.7. The van der Waals surface area contributed by atoms with Crippen LogP contribution in [0, 0.1) is 0 Å². The maximum Gasteiger partial charge on any atom is 0.211 e. The van der Waals surface area contributed by atoms with Gasteiger partial charge in [-0.3, -0.25) is 0 Å². The lowest BCUT2D eigenvalue weighted by Crippen LogP contribution is -2.28. The van der Waals surface area contributed by atoms with Crippen molar-refractivity contribution < 1.29 is 8.42 Å². The summed E-state index contributed by atoms with van der Waals surface area (Å²) in [5, 5.41) is 3.19. The Hall–Kier alpha value is -0.430. The molecule has 0 saturated carbocycles. The van der Waals surface area contributed by atoms with Crippen LogP contribution in [0.5, 0.6) is 0 Å². The van der Waals surface area contributed by atoms with Crippen molar-refractivity contribution in [1.82, 2.24) is 10.0 Å². The molecule has 0 fully saturated rings. The maximum atomic E-state index is 11.8. The van der Waals surface area contributed by atoms with Crippen LogP contribution in [-0.4, -0.2) is 27.3 Å². The summed E-state index contributed by atoms with van der Waals surface area (Å²) in [6.07, 6.45) is 1.69. The highest BCUT2D eigenvalue weighted by atomic mass is 79.9. The summed E-state index contributed by atoms with van der Waals surface area (Å²) in [6, 6.07) is 7.60. The van der Waals surface area contributed by atoms with Crippen LogP contribution < -0.4 is 10.0 Å². The Balaban J connectivity index is 2.33. The van der Waals surface area contributed by atoms with Crippen LogP contribution in [0.25, 0.3) is 0 Å². The smallest absolute Gasteiger partial charge is 0.211 e. The fourth-order valence-electron chi connectivity index (χ4n) is 1.59. The summed E-state index contributed by atoms with van der Waals surface area (Å²) < 4.78 is 27.1.